The number of nitrogens with two attached hydrogens (primary N) is 1. The van der Waals surface area contributed by atoms with Gasteiger partial charge in [0.15, 0.2) is 23.9 Å². The van der Waals surface area contributed by atoms with Gasteiger partial charge in [0.05, 0.1) is 29.4 Å². The summed E-state index contributed by atoms with van der Waals surface area (Å²) in [5, 5.41) is 5.74. The van der Waals surface area contributed by atoms with Crippen molar-refractivity contribution >= 4 is 35.0 Å². The van der Waals surface area contributed by atoms with Crippen molar-refractivity contribution in [1.29, 1.82) is 0 Å². The maximum Gasteiger partial charge on any atom is 0.320 e. The number of halogens is 1. The SMILES string of the molecule is COc1cc([C@@H]2NC(=O)NC(c3ccccc3)=C2C(=O)c2ccccc2)cc(Cl)c1OCC(N)=O. The molecule has 3 aromatic rings. The standard InChI is InChI=1S/C26H22ClN3O5/c1-34-19-13-17(12-18(27)25(19)35-14-20(28)31)23-21(24(32)16-10-6-3-7-11-16)22(29-26(33)30-23)15-8-4-2-5-9-15/h2-13,23H,14H2,1H3,(H2,28,31)(H2,29,30,33)/t23-/m0/s1. The van der Waals surface area contributed by atoms with Gasteiger partial charge >= 0.3 is 6.03 Å². The number of carbonyl (C=O) groups excluding carboxylic acids is 3. The number of hydrogen-bond acceptors (Lipinski definition) is 5. The molecule has 0 spiro atoms. The summed E-state index contributed by atoms with van der Waals surface area (Å²) in [6.45, 7) is -0.394. The first-order valence-electron chi connectivity index (χ1n) is 10.6. The van der Waals surface area contributed by atoms with Gasteiger partial charge in [-0.15, -0.1) is 0 Å². The van der Waals surface area contributed by atoms with Crippen LogP contribution in [-0.2, 0) is 4.79 Å². The molecule has 1 atom stereocenters. The molecule has 0 aromatic heterocycles. The van der Waals surface area contributed by atoms with Crippen molar-refractivity contribution in [3.05, 3.63) is 100 Å². The van der Waals surface area contributed by atoms with Crippen LogP contribution in [0, 0.1) is 0 Å². The summed E-state index contributed by atoms with van der Waals surface area (Å²) in [6, 6.07) is 19.7. The zero-order valence-corrected chi connectivity index (χ0v) is 19.5. The second-order valence-electron chi connectivity index (χ2n) is 7.67. The number of hydrogen-bond donors (Lipinski definition) is 3. The van der Waals surface area contributed by atoms with E-state index in [0.717, 1.165) is 0 Å². The Morgan fingerprint density at radius 1 is 1.03 bits per heavy atom. The number of methoxy groups -OCH3 is 1. The van der Waals surface area contributed by atoms with E-state index in [-0.39, 0.29) is 22.3 Å². The van der Waals surface area contributed by atoms with Crippen LogP contribution >= 0.6 is 11.6 Å². The molecule has 4 N–H and O–H groups in total. The number of nitrogens with one attached hydrogen (secondary N) is 2. The van der Waals surface area contributed by atoms with Crippen LogP contribution in [-0.4, -0.2) is 31.4 Å². The van der Waals surface area contributed by atoms with Crippen LogP contribution in [0.2, 0.25) is 5.02 Å². The molecule has 3 amide bonds. The van der Waals surface area contributed by atoms with Gasteiger partial charge in [0.1, 0.15) is 0 Å². The van der Waals surface area contributed by atoms with Crippen LogP contribution < -0.4 is 25.8 Å². The molecule has 35 heavy (non-hydrogen) atoms. The molecular formula is C26H22ClN3O5. The van der Waals surface area contributed by atoms with Gasteiger partial charge in [-0.2, -0.15) is 0 Å². The molecule has 0 saturated heterocycles. The molecular weight excluding hydrogens is 470 g/mol. The van der Waals surface area contributed by atoms with E-state index in [1.54, 1.807) is 36.4 Å². The molecule has 0 fully saturated rings. The first-order chi connectivity index (χ1) is 16.9. The van der Waals surface area contributed by atoms with Gasteiger partial charge in [0.25, 0.3) is 5.91 Å². The lowest BCUT2D eigenvalue weighted by Crippen LogP contribution is -2.45. The highest BCUT2D eigenvalue weighted by atomic mass is 35.5. The number of amides is 3. The van der Waals surface area contributed by atoms with Crippen molar-refractivity contribution in [2.75, 3.05) is 13.7 Å². The Morgan fingerprint density at radius 2 is 1.69 bits per heavy atom. The zero-order chi connectivity index (χ0) is 24.9. The summed E-state index contributed by atoms with van der Waals surface area (Å²) in [5.74, 6) is -0.607. The summed E-state index contributed by atoms with van der Waals surface area (Å²) in [4.78, 5) is 37.7. The minimum absolute atomic E-state index is 0.125. The van der Waals surface area contributed by atoms with Crippen LogP contribution in [0.4, 0.5) is 4.79 Å². The topological polar surface area (TPSA) is 120 Å². The van der Waals surface area contributed by atoms with Crippen molar-refractivity contribution in [1.82, 2.24) is 10.6 Å². The molecule has 0 unspecified atom stereocenters. The smallest absolute Gasteiger partial charge is 0.320 e. The fraction of sp³-hybridized carbons (Fsp3) is 0.115. The predicted molar refractivity (Wildman–Crippen MR) is 131 cm³/mol. The Balaban J connectivity index is 1.89. The maximum atomic E-state index is 13.8. The van der Waals surface area contributed by atoms with Crippen molar-refractivity contribution in [3.8, 4) is 11.5 Å². The average Bonchev–Trinajstić information content (AvgIpc) is 2.87. The van der Waals surface area contributed by atoms with Crippen molar-refractivity contribution in [2.45, 2.75) is 6.04 Å². The molecule has 0 aliphatic carbocycles. The quantitative estimate of drug-likeness (QED) is 0.413. The fourth-order valence-corrected chi connectivity index (χ4v) is 4.10. The minimum Gasteiger partial charge on any atom is -0.493 e. The van der Waals surface area contributed by atoms with E-state index in [0.29, 0.717) is 28.0 Å². The molecule has 1 aliphatic rings. The van der Waals surface area contributed by atoms with Crippen molar-refractivity contribution in [3.63, 3.8) is 0 Å². The highest BCUT2D eigenvalue weighted by Gasteiger charge is 2.34. The normalized spacial score (nSPS) is 15.1. The van der Waals surface area contributed by atoms with Crippen LogP contribution in [0.3, 0.4) is 0 Å². The molecule has 3 aromatic carbocycles. The lowest BCUT2D eigenvalue weighted by molar-refractivity contribution is -0.119. The Morgan fingerprint density at radius 3 is 2.31 bits per heavy atom. The van der Waals surface area contributed by atoms with Crippen molar-refractivity contribution < 1.29 is 23.9 Å². The van der Waals surface area contributed by atoms with Gasteiger partial charge in [-0.1, -0.05) is 72.3 Å². The van der Waals surface area contributed by atoms with Crippen LogP contribution in [0.1, 0.15) is 27.5 Å². The average molecular weight is 492 g/mol. The lowest BCUT2D eigenvalue weighted by atomic mass is 9.87. The third-order valence-electron chi connectivity index (χ3n) is 5.36. The summed E-state index contributed by atoms with van der Waals surface area (Å²) in [5.41, 5.74) is 7.50. The maximum absolute atomic E-state index is 13.8. The number of primary amides is 1. The van der Waals surface area contributed by atoms with E-state index in [9.17, 15) is 14.4 Å². The van der Waals surface area contributed by atoms with E-state index in [1.165, 1.54) is 7.11 Å². The first kappa shape index (κ1) is 23.8. The summed E-state index contributed by atoms with van der Waals surface area (Å²) in [7, 11) is 1.41. The third kappa shape index (κ3) is 5.12. The number of rotatable bonds is 8. The van der Waals surface area contributed by atoms with Crippen LogP contribution in [0.25, 0.3) is 5.70 Å². The Labute approximate surface area is 206 Å². The molecule has 8 nitrogen and oxygen atoms in total. The van der Waals surface area contributed by atoms with Crippen LogP contribution in [0.5, 0.6) is 11.5 Å². The second-order valence-corrected chi connectivity index (χ2v) is 8.08. The molecule has 0 bridgehead atoms. The summed E-state index contributed by atoms with van der Waals surface area (Å²) < 4.78 is 10.8. The van der Waals surface area contributed by atoms with E-state index in [2.05, 4.69) is 10.6 Å². The van der Waals surface area contributed by atoms with Gasteiger partial charge in [-0.05, 0) is 23.3 Å². The monoisotopic (exact) mass is 491 g/mol. The summed E-state index contributed by atoms with van der Waals surface area (Å²) in [6.07, 6.45) is 0. The lowest BCUT2D eigenvalue weighted by Gasteiger charge is -2.30. The Bertz CT molecular complexity index is 1310. The molecule has 9 heteroatoms. The molecule has 0 radical (unpaired) electrons. The number of carbonyl (C=O) groups is 3. The number of ketones is 1. The molecule has 4 rings (SSSR count). The van der Waals surface area contributed by atoms with Gasteiger partial charge in [-0.3, -0.25) is 9.59 Å². The highest BCUT2D eigenvalue weighted by Crippen LogP contribution is 2.41. The molecule has 178 valence electrons. The van der Waals surface area contributed by atoms with E-state index in [1.807, 2.05) is 36.4 Å². The second kappa shape index (κ2) is 10.3. The Hall–Kier alpha value is -4.30. The predicted octanol–water partition coefficient (Wildman–Crippen LogP) is 3.86. The van der Waals surface area contributed by atoms with Gasteiger partial charge < -0.3 is 25.8 Å². The van der Waals surface area contributed by atoms with E-state index < -0.39 is 24.6 Å². The van der Waals surface area contributed by atoms with Gasteiger partial charge in [0.2, 0.25) is 0 Å². The van der Waals surface area contributed by atoms with E-state index >= 15 is 0 Å². The largest absolute Gasteiger partial charge is 0.493 e. The molecule has 1 aliphatic heterocycles. The number of benzene rings is 3. The fourth-order valence-electron chi connectivity index (χ4n) is 3.83. The molecule has 0 saturated carbocycles. The number of ether oxygens (including phenoxy) is 2. The minimum atomic E-state index is -0.858. The van der Waals surface area contributed by atoms with Gasteiger partial charge in [0, 0.05) is 5.56 Å². The Kier molecular flexibility index (Phi) is 7.03. The third-order valence-corrected chi connectivity index (χ3v) is 5.64. The number of urea groups is 1. The van der Waals surface area contributed by atoms with E-state index in [4.69, 9.17) is 26.8 Å². The van der Waals surface area contributed by atoms with Gasteiger partial charge in [-0.25, -0.2) is 4.79 Å². The van der Waals surface area contributed by atoms with Crippen LogP contribution in [0.15, 0.2) is 78.4 Å². The number of Topliss-reactive ketones (excluding diaryl/α,β-unsaturated/α-hetero) is 1. The summed E-state index contributed by atoms with van der Waals surface area (Å²) >= 11 is 6.46. The molecule has 1 heterocycles. The first-order valence-corrected chi connectivity index (χ1v) is 11.0. The highest BCUT2D eigenvalue weighted by molar-refractivity contribution is 6.32. The zero-order valence-electron chi connectivity index (χ0n) is 18.7. The van der Waals surface area contributed by atoms with Crippen molar-refractivity contribution in [2.24, 2.45) is 5.73 Å².